The van der Waals surface area contributed by atoms with Crippen molar-refractivity contribution >= 4 is 34.9 Å². The van der Waals surface area contributed by atoms with Gasteiger partial charge in [0.2, 0.25) is 5.88 Å². The summed E-state index contributed by atoms with van der Waals surface area (Å²) in [5, 5.41) is 9.49. The molecule has 1 atom stereocenters. The fourth-order valence-electron chi connectivity index (χ4n) is 3.71. The highest BCUT2D eigenvalue weighted by Gasteiger charge is 2.49. The molecule has 4 aliphatic heterocycles. The molecule has 2 aromatic rings. The molecule has 6 rings (SSSR count). The Labute approximate surface area is 170 Å². The Morgan fingerprint density at radius 1 is 1.23 bits per heavy atom. The molecule has 0 radical (unpaired) electrons. The highest BCUT2D eigenvalue weighted by atomic mass is 16.7. The van der Waals surface area contributed by atoms with E-state index in [1.807, 2.05) is 30.0 Å². The number of hydroxylamine groups is 1. The number of hydrogen-bond donors (Lipinski definition) is 4. The van der Waals surface area contributed by atoms with Gasteiger partial charge in [-0.3, -0.25) is 4.90 Å². The number of ether oxygens (including phenoxy) is 2. The molecule has 1 aromatic carbocycles. The second-order valence-corrected chi connectivity index (χ2v) is 7.11. The first-order valence-electron chi connectivity index (χ1n) is 9.35. The van der Waals surface area contributed by atoms with Gasteiger partial charge in [0.1, 0.15) is 23.8 Å². The number of allylic oxidation sites excluding steroid dienone is 1. The van der Waals surface area contributed by atoms with Crippen molar-refractivity contribution in [3.05, 3.63) is 41.9 Å². The van der Waals surface area contributed by atoms with Crippen LogP contribution in [0.15, 0.2) is 46.8 Å². The van der Waals surface area contributed by atoms with Gasteiger partial charge in [-0.15, -0.1) is 0 Å². The molecule has 11 heteroatoms. The molecule has 0 amide bonds. The van der Waals surface area contributed by atoms with E-state index in [0.717, 1.165) is 28.5 Å². The summed E-state index contributed by atoms with van der Waals surface area (Å²) in [7, 11) is 0. The maximum Gasteiger partial charge on any atom is 0.351 e. The second-order valence-electron chi connectivity index (χ2n) is 7.11. The summed E-state index contributed by atoms with van der Waals surface area (Å²) in [4.78, 5) is 28.1. The van der Waals surface area contributed by atoms with Crippen LogP contribution in [0.25, 0.3) is 0 Å². The van der Waals surface area contributed by atoms with Crippen LogP contribution in [0.2, 0.25) is 0 Å². The van der Waals surface area contributed by atoms with E-state index in [1.54, 1.807) is 18.5 Å². The maximum atomic E-state index is 11.4. The molecular formula is C19H17N7O4. The van der Waals surface area contributed by atoms with Gasteiger partial charge in [-0.25, -0.2) is 25.1 Å². The maximum absolute atomic E-state index is 11.4. The quantitative estimate of drug-likeness (QED) is 0.558. The van der Waals surface area contributed by atoms with Crippen molar-refractivity contribution in [2.75, 3.05) is 34.1 Å². The molecule has 0 aliphatic carbocycles. The van der Waals surface area contributed by atoms with Crippen LogP contribution in [-0.2, 0) is 9.63 Å². The highest BCUT2D eigenvalue weighted by Crippen LogP contribution is 2.42. The minimum Gasteiger partial charge on any atom is -0.471 e. The number of rotatable bonds is 3. The van der Waals surface area contributed by atoms with Crippen molar-refractivity contribution in [1.82, 2.24) is 10.5 Å². The average molecular weight is 407 g/mol. The Morgan fingerprint density at radius 3 is 3.10 bits per heavy atom. The number of hydrogen-bond acceptors (Lipinski definition) is 11. The van der Waals surface area contributed by atoms with Crippen LogP contribution in [0.1, 0.15) is 6.92 Å². The van der Waals surface area contributed by atoms with Crippen LogP contribution in [0.5, 0.6) is 11.6 Å². The number of aromatic nitrogens is 1. The molecule has 1 aromatic heterocycles. The predicted octanol–water partition coefficient (Wildman–Crippen LogP) is 1.55. The van der Waals surface area contributed by atoms with Gasteiger partial charge in [0, 0.05) is 11.8 Å². The van der Waals surface area contributed by atoms with Crippen LogP contribution >= 0.6 is 0 Å². The highest BCUT2D eigenvalue weighted by molar-refractivity contribution is 5.85. The molecule has 0 spiro atoms. The van der Waals surface area contributed by atoms with Crippen LogP contribution < -0.4 is 35.8 Å². The number of fused-ring (bicyclic) bond motifs is 4. The third kappa shape index (κ3) is 2.45. The van der Waals surface area contributed by atoms with Crippen LogP contribution in [0, 0.1) is 0 Å². The lowest BCUT2D eigenvalue weighted by molar-refractivity contribution is -0.133. The number of benzene rings is 1. The molecular weight excluding hydrogens is 390 g/mol. The zero-order chi connectivity index (χ0) is 20.3. The molecule has 152 valence electrons. The number of nitrogens with zero attached hydrogens (tertiary/aromatic N) is 3. The number of aliphatic imine (C=N–C) groups is 1. The van der Waals surface area contributed by atoms with E-state index >= 15 is 0 Å². The van der Waals surface area contributed by atoms with Crippen molar-refractivity contribution in [2.45, 2.75) is 12.9 Å². The fraction of sp³-hybridized carbons (Fsp3) is 0.211. The average Bonchev–Trinajstić information content (AvgIpc) is 3.32. The number of nitrogens with one attached hydrogen (secondary N) is 4. The zero-order valence-electron chi connectivity index (χ0n) is 15.9. The number of carbonyl (C=O) groups excluding carboxylic acids is 1. The Hall–Kier alpha value is -3.99. The summed E-state index contributed by atoms with van der Waals surface area (Å²) < 4.78 is 10.7. The number of carbonyl (C=O) groups is 1. The summed E-state index contributed by atoms with van der Waals surface area (Å²) in [6.07, 6.45) is 3.31. The van der Waals surface area contributed by atoms with E-state index < -0.39 is 5.97 Å². The SMILES string of the molecule is CC1=C2NOC(Nc3cnc4c(c3)NCC(=O)O4)(N=C1)N2c1ccc2c(c1)NCO2. The van der Waals surface area contributed by atoms with E-state index in [4.69, 9.17) is 14.3 Å². The van der Waals surface area contributed by atoms with Gasteiger partial charge in [0.25, 0.3) is 0 Å². The van der Waals surface area contributed by atoms with E-state index in [2.05, 4.69) is 31.4 Å². The minimum absolute atomic E-state index is 0.0852. The predicted molar refractivity (Wildman–Crippen MR) is 108 cm³/mol. The van der Waals surface area contributed by atoms with Crippen LogP contribution in [0.4, 0.5) is 22.7 Å². The molecule has 4 N–H and O–H groups in total. The van der Waals surface area contributed by atoms with Crippen molar-refractivity contribution in [3.63, 3.8) is 0 Å². The number of pyridine rings is 1. The Bertz CT molecular complexity index is 1150. The summed E-state index contributed by atoms with van der Waals surface area (Å²) in [6, 6.07) is 7.63. The van der Waals surface area contributed by atoms with E-state index in [-0.39, 0.29) is 18.4 Å². The molecule has 4 aliphatic rings. The summed E-state index contributed by atoms with van der Waals surface area (Å²) in [6.45, 7) is 2.47. The molecule has 30 heavy (non-hydrogen) atoms. The molecule has 11 nitrogen and oxygen atoms in total. The van der Waals surface area contributed by atoms with Crippen molar-refractivity contribution in [2.24, 2.45) is 4.99 Å². The third-order valence-corrected chi connectivity index (χ3v) is 5.13. The smallest absolute Gasteiger partial charge is 0.351 e. The number of anilines is 4. The lowest BCUT2D eigenvalue weighted by Crippen LogP contribution is -2.51. The summed E-state index contributed by atoms with van der Waals surface area (Å²) in [5.41, 5.74) is 6.89. The van der Waals surface area contributed by atoms with Crippen LogP contribution in [-0.4, -0.2) is 36.4 Å². The fourth-order valence-corrected chi connectivity index (χ4v) is 3.71. The summed E-state index contributed by atoms with van der Waals surface area (Å²) >= 11 is 0. The van der Waals surface area contributed by atoms with Crippen molar-refractivity contribution in [1.29, 1.82) is 0 Å². The molecule has 1 unspecified atom stereocenters. The van der Waals surface area contributed by atoms with E-state index in [1.165, 1.54) is 0 Å². The molecule has 5 heterocycles. The van der Waals surface area contributed by atoms with Crippen LogP contribution in [0.3, 0.4) is 0 Å². The molecule has 1 saturated heterocycles. The zero-order valence-corrected chi connectivity index (χ0v) is 15.9. The standard InChI is InChI=1S/C19H17N7O4/c1-10-6-23-19(24-11-4-14-18(21-7-11)29-16(27)8-20-14)26(17(10)25-30-19)12-2-3-15-13(5-12)22-9-28-15/h2-7,20,22,24-25H,8-9H2,1H3. The van der Waals surface area contributed by atoms with Gasteiger partial charge in [0.15, 0.2) is 6.73 Å². The first-order chi connectivity index (χ1) is 14.6. The van der Waals surface area contributed by atoms with Gasteiger partial charge in [-0.1, -0.05) is 0 Å². The Morgan fingerprint density at radius 2 is 2.17 bits per heavy atom. The second kappa shape index (κ2) is 6.00. The van der Waals surface area contributed by atoms with Crippen molar-refractivity contribution in [3.8, 4) is 11.6 Å². The van der Waals surface area contributed by atoms with Gasteiger partial charge in [0.05, 0.1) is 23.3 Å². The van der Waals surface area contributed by atoms with E-state index in [0.29, 0.717) is 18.1 Å². The van der Waals surface area contributed by atoms with Gasteiger partial charge < -0.3 is 25.4 Å². The monoisotopic (exact) mass is 407 g/mol. The molecule has 2 bridgehead atoms. The lowest BCUT2D eigenvalue weighted by Gasteiger charge is -2.36. The largest absolute Gasteiger partial charge is 0.471 e. The third-order valence-electron chi connectivity index (χ3n) is 5.13. The first-order valence-corrected chi connectivity index (χ1v) is 9.35. The number of esters is 1. The summed E-state index contributed by atoms with van der Waals surface area (Å²) in [5.74, 6) is 0.177. The lowest BCUT2D eigenvalue weighted by atomic mass is 10.2. The van der Waals surface area contributed by atoms with E-state index in [9.17, 15) is 4.79 Å². The first kappa shape index (κ1) is 16.9. The normalized spacial score (nSPS) is 23.0. The molecule has 1 fully saturated rings. The molecule has 0 saturated carbocycles. The van der Waals surface area contributed by atoms with Gasteiger partial charge in [-0.2, -0.15) is 0 Å². The minimum atomic E-state index is -1.26. The van der Waals surface area contributed by atoms with Gasteiger partial charge in [-0.05, 0) is 31.2 Å². The topological polar surface area (TPSA) is 121 Å². The van der Waals surface area contributed by atoms with Gasteiger partial charge >= 0.3 is 11.9 Å². The Balaban J connectivity index is 1.38. The Kier molecular flexibility index (Phi) is 3.39. The van der Waals surface area contributed by atoms with Crippen molar-refractivity contribution < 1.29 is 19.1 Å².